The van der Waals surface area contributed by atoms with Crippen LogP contribution in [-0.4, -0.2) is 53.9 Å². The van der Waals surface area contributed by atoms with Crippen LogP contribution in [-0.2, 0) is 22.9 Å². The Bertz CT molecular complexity index is 1010. The molecule has 0 unspecified atom stereocenters. The normalized spacial score (nSPS) is 12.7. The first-order valence-electron chi connectivity index (χ1n) is 10.7. The van der Waals surface area contributed by atoms with Gasteiger partial charge in [-0.25, -0.2) is 14.3 Å². The van der Waals surface area contributed by atoms with Crippen molar-refractivity contribution in [2.24, 2.45) is 0 Å². The molecule has 31 heavy (non-hydrogen) atoms. The zero-order chi connectivity index (χ0) is 22.6. The van der Waals surface area contributed by atoms with E-state index < -0.39 is 16.1 Å². The van der Waals surface area contributed by atoms with Crippen LogP contribution in [0, 0.1) is 0 Å². The van der Waals surface area contributed by atoms with E-state index in [9.17, 15) is 0 Å². The van der Waals surface area contributed by atoms with Gasteiger partial charge in [0.15, 0.2) is 5.65 Å². The molecule has 0 aliphatic heterocycles. The third-order valence-electron chi connectivity index (χ3n) is 4.90. The van der Waals surface area contributed by atoms with Crippen LogP contribution in [0.1, 0.15) is 0 Å². The maximum atomic E-state index is 5.83. The van der Waals surface area contributed by atoms with Crippen LogP contribution >= 0.6 is 15.9 Å². The number of halogens is 1. The van der Waals surface area contributed by atoms with Gasteiger partial charge in [0, 0.05) is 52.7 Å². The van der Waals surface area contributed by atoms with Crippen molar-refractivity contribution < 1.29 is 9.47 Å². The van der Waals surface area contributed by atoms with E-state index in [1.165, 1.54) is 0 Å². The molecule has 0 atom stereocenters. The summed E-state index contributed by atoms with van der Waals surface area (Å²) in [4.78, 5) is 4.63. The SMILES string of the molecule is C[Si](C)(C)CCOCn1cc(Br)c(-c2cnc3c(cnn3COCC[Si](C)(C)C)c2)n1. The van der Waals surface area contributed by atoms with E-state index in [4.69, 9.17) is 9.47 Å². The Labute approximate surface area is 195 Å². The first-order chi connectivity index (χ1) is 14.5. The summed E-state index contributed by atoms with van der Waals surface area (Å²) in [7, 11) is -2.18. The third kappa shape index (κ3) is 7.35. The lowest BCUT2D eigenvalue weighted by molar-refractivity contribution is 0.0787. The molecule has 0 saturated heterocycles. The molecule has 3 aromatic rings. The highest BCUT2D eigenvalue weighted by Gasteiger charge is 2.15. The van der Waals surface area contributed by atoms with E-state index >= 15 is 0 Å². The van der Waals surface area contributed by atoms with Crippen LogP contribution < -0.4 is 0 Å². The molecule has 0 bridgehead atoms. The lowest BCUT2D eigenvalue weighted by atomic mass is 10.2. The number of rotatable bonds is 11. The summed E-state index contributed by atoms with van der Waals surface area (Å²) in [5.74, 6) is 0. The van der Waals surface area contributed by atoms with E-state index in [0.717, 1.165) is 52.1 Å². The molecule has 170 valence electrons. The number of aromatic nitrogens is 5. The van der Waals surface area contributed by atoms with Crippen LogP contribution in [0.2, 0.25) is 51.4 Å². The van der Waals surface area contributed by atoms with Gasteiger partial charge in [-0.2, -0.15) is 10.2 Å². The van der Waals surface area contributed by atoms with Gasteiger partial charge in [-0.15, -0.1) is 0 Å². The largest absolute Gasteiger partial charge is 0.360 e. The summed E-state index contributed by atoms with van der Waals surface area (Å²) in [6, 6.07) is 4.36. The van der Waals surface area contributed by atoms with Gasteiger partial charge in [0.25, 0.3) is 0 Å². The summed E-state index contributed by atoms with van der Waals surface area (Å²) in [6.07, 6.45) is 5.62. The number of hydrogen-bond acceptors (Lipinski definition) is 5. The van der Waals surface area contributed by atoms with Crippen molar-refractivity contribution in [1.29, 1.82) is 0 Å². The zero-order valence-corrected chi connectivity index (χ0v) is 23.1. The molecule has 7 nitrogen and oxygen atoms in total. The van der Waals surface area contributed by atoms with Crippen LogP contribution in [0.3, 0.4) is 0 Å². The minimum atomic E-state index is -1.09. The molecular formula is C21H34BrN5O2Si2. The molecule has 0 aliphatic carbocycles. The van der Waals surface area contributed by atoms with Gasteiger partial charge in [-0.1, -0.05) is 39.3 Å². The van der Waals surface area contributed by atoms with Gasteiger partial charge in [0.1, 0.15) is 19.2 Å². The Morgan fingerprint density at radius 1 is 0.935 bits per heavy atom. The molecular weight excluding hydrogens is 490 g/mol. The predicted octanol–water partition coefficient (Wildman–Crippen LogP) is 5.68. The van der Waals surface area contributed by atoms with Crippen molar-refractivity contribution in [1.82, 2.24) is 24.5 Å². The number of ether oxygens (including phenoxy) is 2. The highest BCUT2D eigenvalue weighted by Crippen LogP contribution is 2.28. The second kappa shape index (κ2) is 10.1. The Hall–Kier alpha value is -1.34. The van der Waals surface area contributed by atoms with E-state index in [-0.39, 0.29) is 0 Å². The number of nitrogens with zero attached hydrogens (tertiary/aromatic N) is 5. The lowest BCUT2D eigenvalue weighted by Gasteiger charge is -2.15. The maximum absolute atomic E-state index is 5.83. The Balaban J connectivity index is 1.63. The highest BCUT2D eigenvalue weighted by atomic mass is 79.9. The fourth-order valence-electron chi connectivity index (χ4n) is 2.92. The standard InChI is InChI=1S/C21H34BrN5O2Si2/c1-30(2,3)9-7-28-15-26-14-19(22)20(25-26)17-11-18-13-24-27(21(18)23-12-17)16-29-8-10-31(4,5)6/h11-14H,7-10,15-16H2,1-6H3. The van der Waals surface area contributed by atoms with Crippen molar-refractivity contribution in [3.63, 3.8) is 0 Å². The van der Waals surface area contributed by atoms with Crippen molar-refractivity contribution in [2.75, 3.05) is 13.2 Å². The Morgan fingerprint density at radius 3 is 2.23 bits per heavy atom. The van der Waals surface area contributed by atoms with Crippen LogP contribution in [0.15, 0.2) is 29.1 Å². The predicted molar refractivity (Wildman–Crippen MR) is 135 cm³/mol. The maximum Gasteiger partial charge on any atom is 0.160 e. The smallest absolute Gasteiger partial charge is 0.160 e. The molecule has 3 rings (SSSR count). The van der Waals surface area contributed by atoms with Crippen molar-refractivity contribution in [3.05, 3.63) is 29.1 Å². The van der Waals surface area contributed by atoms with E-state index in [0.29, 0.717) is 13.5 Å². The molecule has 10 heteroatoms. The minimum Gasteiger partial charge on any atom is -0.360 e. The highest BCUT2D eigenvalue weighted by molar-refractivity contribution is 9.10. The van der Waals surface area contributed by atoms with E-state index in [2.05, 4.69) is 76.5 Å². The molecule has 3 heterocycles. The molecule has 0 spiro atoms. The van der Waals surface area contributed by atoms with Gasteiger partial charge < -0.3 is 9.47 Å². The van der Waals surface area contributed by atoms with Gasteiger partial charge in [-0.3, -0.25) is 0 Å². The summed E-state index contributed by atoms with van der Waals surface area (Å²) >= 11 is 3.62. The molecule has 3 aromatic heterocycles. The number of fused-ring (bicyclic) bond motifs is 1. The molecule has 0 radical (unpaired) electrons. The quantitative estimate of drug-likeness (QED) is 0.238. The van der Waals surface area contributed by atoms with Gasteiger partial charge in [0.2, 0.25) is 0 Å². The average molecular weight is 525 g/mol. The molecule has 0 aliphatic rings. The fraction of sp³-hybridized carbons (Fsp3) is 0.571. The summed E-state index contributed by atoms with van der Waals surface area (Å²) in [5, 5.41) is 10.1. The molecule has 0 amide bonds. The van der Waals surface area contributed by atoms with E-state index in [1.54, 1.807) is 0 Å². The summed E-state index contributed by atoms with van der Waals surface area (Å²) < 4.78 is 16.2. The first-order valence-corrected chi connectivity index (χ1v) is 18.9. The average Bonchev–Trinajstić information content (AvgIpc) is 3.23. The Morgan fingerprint density at radius 2 is 1.58 bits per heavy atom. The molecule has 0 fully saturated rings. The first kappa shape index (κ1) is 24.3. The van der Waals surface area contributed by atoms with Crippen LogP contribution in [0.5, 0.6) is 0 Å². The number of hydrogen-bond donors (Lipinski definition) is 0. The van der Waals surface area contributed by atoms with Crippen LogP contribution in [0.4, 0.5) is 0 Å². The Kier molecular flexibility index (Phi) is 7.90. The van der Waals surface area contributed by atoms with Crippen molar-refractivity contribution >= 4 is 43.1 Å². The number of pyridine rings is 1. The van der Waals surface area contributed by atoms with Gasteiger partial charge in [-0.05, 0) is 34.1 Å². The van der Waals surface area contributed by atoms with Gasteiger partial charge >= 0.3 is 0 Å². The van der Waals surface area contributed by atoms with E-state index in [1.807, 2.05) is 28.0 Å². The van der Waals surface area contributed by atoms with Crippen molar-refractivity contribution in [2.45, 2.75) is 64.8 Å². The molecule has 0 N–H and O–H groups in total. The summed E-state index contributed by atoms with van der Waals surface area (Å²) in [5.41, 5.74) is 2.61. The molecule has 0 saturated carbocycles. The topological polar surface area (TPSA) is 67.0 Å². The van der Waals surface area contributed by atoms with Crippen molar-refractivity contribution in [3.8, 4) is 11.3 Å². The second-order valence-corrected chi connectivity index (χ2v) is 22.4. The fourth-order valence-corrected chi connectivity index (χ4v) is 4.98. The lowest BCUT2D eigenvalue weighted by Crippen LogP contribution is -2.22. The second-order valence-electron chi connectivity index (χ2n) is 10.3. The minimum absolute atomic E-state index is 0.424. The zero-order valence-electron chi connectivity index (χ0n) is 19.5. The van der Waals surface area contributed by atoms with Gasteiger partial charge in [0.05, 0.1) is 10.7 Å². The monoisotopic (exact) mass is 523 g/mol. The summed E-state index contributed by atoms with van der Waals surface area (Å²) in [6.45, 7) is 16.5. The molecule has 0 aromatic carbocycles. The third-order valence-corrected chi connectivity index (χ3v) is 8.88. The van der Waals surface area contributed by atoms with Crippen LogP contribution in [0.25, 0.3) is 22.3 Å².